The standard InChI is InChI=1S/C23H22ClNO5S/c1-23(2)13-16(20-18(29-3)12-11-17(24)21(20)30-23)22(26)25-31(27,28)19-10-6-8-14-7-4-5-9-15(14)19/h4-12,16H,13H2,1-3H3,(H,25,26). The van der Waals surface area contributed by atoms with Gasteiger partial charge >= 0.3 is 0 Å². The molecule has 3 aromatic rings. The Kier molecular flexibility index (Phi) is 5.35. The fourth-order valence-electron chi connectivity index (χ4n) is 3.99. The summed E-state index contributed by atoms with van der Waals surface area (Å²) >= 11 is 6.33. The first-order chi connectivity index (χ1) is 14.6. The predicted octanol–water partition coefficient (Wildman–Crippen LogP) is 4.65. The minimum absolute atomic E-state index is 0.0450. The van der Waals surface area contributed by atoms with Gasteiger partial charge in [0.2, 0.25) is 5.91 Å². The molecule has 0 spiro atoms. The van der Waals surface area contributed by atoms with Crippen LogP contribution in [0.1, 0.15) is 31.7 Å². The summed E-state index contributed by atoms with van der Waals surface area (Å²) in [6.07, 6.45) is 0.258. The smallest absolute Gasteiger partial charge is 0.264 e. The first-order valence-electron chi connectivity index (χ1n) is 9.73. The molecule has 0 aliphatic carbocycles. The molecule has 4 rings (SSSR count). The molecule has 1 aliphatic heterocycles. The molecule has 0 saturated heterocycles. The number of halogens is 1. The highest BCUT2D eigenvalue weighted by Gasteiger charge is 2.42. The van der Waals surface area contributed by atoms with E-state index >= 15 is 0 Å². The summed E-state index contributed by atoms with van der Waals surface area (Å²) in [4.78, 5) is 13.4. The van der Waals surface area contributed by atoms with Crippen LogP contribution in [-0.4, -0.2) is 27.0 Å². The second kappa shape index (κ2) is 7.73. The molecule has 1 amide bonds. The van der Waals surface area contributed by atoms with Gasteiger partial charge in [0.15, 0.2) is 0 Å². The largest absolute Gasteiger partial charge is 0.496 e. The quantitative estimate of drug-likeness (QED) is 0.614. The van der Waals surface area contributed by atoms with Crippen LogP contribution in [0.5, 0.6) is 11.5 Å². The van der Waals surface area contributed by atoms with Crippen LogP contribution in [0.4, 0.5) is 0 Å². The average Bonchev–Trinajstić information content (AvgIpc) is 2.72. The van der Waals surface area contributed by atoms with E-state index in [0.29, 0.717) is 27.5 Å². The number of hydrogen-bond donors (Lipinski definition) is 1. The van der Waals surface area contributed by atoms with E-state index in [1.807, 2.05) is 32.0 Å². The second-order valence-electron chi connectivity index (χ2n) is 8.06. The lowest BCUT2D eigenvalue weighted by atomic mass is 9.83. The minimum atomic E-state index is -4.12. The summed E-state index contributed by atoms with van der Waals surface area (Å²) in [5.74, 6) is -0.735. The van der Waals surface area contributed by atoms with Gasteiger partial charge in [-0.15, -0.1) is 0 Å². The van der Waals surface area contributed by atoms with E-state index in [1.165, 1.54) is 13.2 Å². The number of carbonyl (C=O) groups is 1. The molecule has 0 bridgehead atoms. The summed E-state index contributed by atoms with van der Waals surface area (Å²) in [5, 5.41) is 1.64. The highest BCUT2D eigenvalue weighted by atomic mass is 35.5. The molecule has 1 N–H and O–H groups in total. The number of amides is 1. The van der Waals surface area contributed by atoms with E-state index in [9.17, 15) is 13.2 Å². The highest BCUT2D eigenvalue weighted by Crippen LogP contribution is 2.49. The van der Waals surface area contributed by atoms with E-state index in [4.69, 9.17) is 21.1 Å². The van der Waals surface area contributed by atoms with Crippen LogP contribution in [0.2, 0.25) is 5.02 Å². The van der Waals surface area contributed by atoms with Gasteiger partial charge in [0.1, 0.15) is 17.1 Å². The molecule has 3 aromatic carbocycles. The molecule has 31 heavy (non-hydrogen) atoms. The zero-order chi connectivity index (χ0) is 22.4. The van der Waals surface area contributed by atoms with Crippen molar-refractivity contribution < 1.29 is 22.7 Å². The molecule has 6 nitrogen and oxygen atoms in total. The molecule has 0 radical (unpaired) electrons. The summed E-state index contributed by atoms with van der Waals surface area (Å²) < 4.78 is 40.0. The van der Waals surface area contributed by atoms with Crippen molar-refractivity contribution in [3.05, 3.63) is 65.2 Å². The van der Waals surface area contributed by atoms with Crippen LogP contribution in [-0.2, 0) is 14.8 Å². The van der Waals surface area contributed by atoms with Crippen LogP contribution >= 0.6 is 11.6 Å². The maximum Gasteiger partial charge on any atom is 0.264 e. The molecule has 0 fully saturated rings. The van der Waals surface area contributed by atoms with Gasteiger partial charge in [-0.1, -0.05) is 48.0 Å². The molecule has 0 aromatic heterocycles. The van der Waals surface area contributed by atoms with Crippen molar-refractivity contribution in [2.24, 2.45) is 0 Å². The van der Waals surface area contributed by atoms with Crippen molar-refractivity contribution in [3.8, 4) is 11.5 Å². The van der Waals surface area contributed by atoms with Gasteiger partial charge in [-0.05, 0) is 37.4 Å². The predicted molar refractivity (Wildman–Crippen MR) is 119 cm³/mol. The third kappa shape index (κ3) is 3.95. The van der Waals surface area contributed by atoms with Crippen LogP contribution in [0.15, 0.2) is 59.5 Å². The van der Waals surface area contributed by atoms with E-state index in [0.717, 1.165) is 5.39 Å². The Morgan fingerprint density at radius 3 is 2.58 bits per heavy atom. The number of methoxy groups -OCH3 is 1. The van der Waals surface area contributed by atoms with Crippen LogP contribution in [0, 0.1) is 0 Å². The maximum atomic E-state index is 13.3. The zero-order valence-corrected chi connectivity index (χ0v) is 18.9. The lowest BCUT2D eigenvalue weighted by Crippen LogP contribution is -2.42. The number of carbonyl (C=O) groups excluding carboxylic acids is 1. The number of hydrogen-bond acceptors (Lipinski definition) is 5. The normalized spacial score (nSPS) is 17.5. The summed E-state index contributed by atoms with van der Waals surface area (Å²) in [7, 11) is -2.64. The van der Waals surface area contributed by atoms with E-state index in [1.54, 1.807) is 30.3 Å². The molecule has 8 heteroatoms. The fraction of sp³-hybridized carbons (Fsp3) is 0.261. The molecule has 1 unspecified atom stereocenters. The van der Waals surface area contributed by atoms with Gasteiger partial charge in [-0.25, -0.2) is 13.1 Å². The second-order valence-corrected chi connectivity index (χ2v) is 10.1. The first-order valence-corrected chi connectivity index (χ1v) is 11.6. The third-order valence-electron chi connectivity index (χ3n) is 5.34. The molecule has 1 heterocycles. The maximum absolute atomic E-state index is 13.3. The van der Waals surface area contributed by atoms with Crippen molar-refractivity contribution in [1.29, 1.82) is 0 Å². The third-order valence-corrected chi connectivity index (χ3v) is 7.04. The Morgan fingerprint density at radius 1 is 1.13 bits per heavy atom. The Morgan fingerprint density at radius 2 is 1.84 bits per heavy atom. The van der Waals surface area contributed by atoms with Crippen molar-refractivity contribution in [3.63, 3.8) is 0 Å². The molecule has 162 valence electrons. The number of ether oxygens (including phenoxy) is 2. The van der Waals surface area contributed by atoms with Gasteiger partial charge in [0.05, 0.1) is 28.5 Å². The van der Waals surface area contributed by atoms with E-state index in [2.05, 4.69) is 4.72 Å². The summed E-state index contributed by atoms with van der Waals surface area (Å²) in [5.41, 5.74) is -0.284. The minimum Gasteiger partial charge on any atom is -0.496 e. The zero-order valence-electron chi connectivity index (χ0n) is 17.3. The average molecular weight is 460 g/mol. The lowest BCUT2D eigenvalue weighted by Gasteiger charge is -2.38. The monoisotopic (exact) mass is 459 g/mol. The van der Waals surface area contributed by atoms with Gasteiger partial charge in [-0.2, -0.15) is 0 Å². The molecular weight excluding hydrogens is 438 g/mol. The number of fused-ring (bicyclic) bond motifs is 2. The first kappa shape index (κ1) is 21.5. The van der Waals surface area contributed by atoms with Crippen molar-refractivity contribution in [1.82, 2.24) is 4.72 Å². The Balaban J connectivity index is 1.76. The fourth-order valence-corrected chi connectivity index (χ4v) is 5.44. The van der Waals surface area contributed by atoms with Gasteiger partial charge < -0.3 is 9.47 Å². The van der Waals surface area contributed by atoms with Gasteiger partial charge in [0, 0.05) is 11.8 Å². The van der Waals surface area contributed by atoms with Gasteiger partial charge in [0.25, 0.3) is 10.0 Å². The van der Waals surface area contributed by atoms with E-state index < -0.39 is 27.4 Å². The van der Waals surface area contributed by atoms with Crippen LogP contribution in [0.25, 0.3) is 10.8 Å². The number of nitrogens with one attached hydrogen (secondary N) is 1. The Bertz CT molecular complexity index is 1280. The van der Waals surface area contributed by atoms with Crippen molar-refractivity contribution in [2.75, 3.05) is 7.11 Å². The Labute approximate surface area is 186 Å². The summed E-state index contributed by atoms with van der Waals surface area (Å²) in [6, 6.07) is 15.3. The highest BCUT2D eigenvalue weighted by molar-refractivity contribution is 7.90. The lowest BCUT2D eigenvalue weighted by molar-refractivity contribution is -0.122. The summed E-state index contributed by atoms with van der Waals surface area (Å²) in [6.45, 7) is 3.65. The molecule has 0 saturated carbocycles. The molecule has 1 aliphatic rings. The van der Waals surface area contributed by atoms with Crippen molar-refractivity contribution >= 4 is 38.3 Å². The van der Waals surface area contributed by atoms with Crippen LogP contribution in [0.3, 0.4) is 0 Å². The molecular formula is C23H22ClNO5S. The van der Waals surface area contributed by atoms with Gasteiger partial charge in [-0.3, -0.25) is 4.79 Å². The number of sulfonamides is 1. The van der Waals surface area contributed by atoms with E-state index in [-0.39, 0.29) is 11.3 Å². The number of benzene rings is 3. The SMILES string of the molecule is COc1ccc(Cl)c2c1C(C(=O)NS(=O)(=O)c1cccc3ccccc13)CC(C)(C)O2. The van der Waals surface area contributed by atoms with Crippen molar-refractivity contribution in [2.45, 2.75) is 36.7 Å². The Hall–Kier alpha value is -2.77. The number of rotatable bonds is 4. The van der Waals surface area contributed by atoms with Crippen LogP contribution < -0.4 is 14.2 Å². The topological polar surface area (TPSA) is 81.7 Å². The molecule has 1 atom stereocenters.